The summed E-state index contributed by atoms with van der Waals surface area (Å²) in [6.07, 6.45) is 4.87. The summed E-state index contributed by atoms with van der Waals surface area (Å²) in [6.45, 7) is 2.85. The van der Waals surface area contributed by atoms with E-state index in [1.807, 2.05) is 0 Å². The molecule has 2 atom stereocenters. The Labute approximate surface area is 73.4 Å². The smallest absolute Gasteiger partial charge is 0.157 e. The summed E-state index contributed by atoms with van der Waals surface area (Å²) in [7, 11) is 0. The molecule has 2 saturated heterocycles. The second-order valence-electron chi connectivity index (χ2n) is 3.57. The van der Waals surface area contributed by atoms with Gasteiger partial charge in [0.15, 0.2) is 6.29 Å². The third-order valence-electron chi connectivity index (χ3n) is 2.55. The van der Waals surface area contributed by atoms with Gasteiger partial charge in [0, 0.05) is 12.6 Å². The fraction of sp³-hybridized carbons (Fsp3) is 1.00. The van der Waals surface area contributed by atoms with Crippen molar-refractivity contribution in [3.63, 3.8) is 0 Å². The van der Waals surface area contributed by atoms with Crippen LogP contribution in [0.1, 0.15) is 25.7 Å². The molecule has 0 saturated carbocycles. The first kappa shape index (κ1) is 8.48. The molecule has 3 nitrogen and oxygen atoms in total. The van der Waals surface area contributed by atoms with Crippen molar-refractivity contribution in [2.75, 3.05) is 19.8 Å². The maximum atomic E-state index is 5.60. The summed E-state index contributed by atoms with van der Waals surface area (Å²) >= 11 is 0. The standard InChI is InChI=1S/C9H17NO2/c1-2-6-11-9(3-1)12-7-8-4-5-10-8/h8-10H,1-7H2/t8?,9-/m0/s1. The molecule has 0 spiro atoms. The Kier molecular flexibility index (Phi) is 2.98. The van der Waals surface area contributed by atoms with Gasteiger partial charge in [-0.25, -0.2) is 0 Å². The molecule has 3 heteroatoms. The van der Waals surface area contributed by atoms with Crippen LogP contribution in [-0.4, -0.2) is 32.1 Å². The predicted molar refractivity (Wildman–Crippen MR) is 46.0 cm³/mol. The highest BCUT2D eigenvalue weighted by atomic mass is 16.7. The molecule has 70 valence electrons. The first-order chi connectivity index (χ1) is 5.95. The molecule has 0 aromatic rings. The Hall–Kier alpha value is -0.120. The zero-order valence-corrected chi connectivity index (χ0v) is 7.42. The molecule has 1 N–H and O–H groups in total. The molecule has 2 fully saturated rings. The summed E-state index contributed by atoms with van der Waals surface area (Å²) in [5.41, 5.74) is 0. The first-order valence-corrected chi connectivity index (χ1v) is 4.92. The van der Waals surface area contributed by atoms with Crippen LogP contribution < -0.4 is 5.32 Å². The van der Waals surface area contributed by atoms with Crippen molar-refractivity contribution in [1.82, 2.24) is 5.32 Å². The SMILES string of the molecule is C1CC[C@H](OCC2CCN2)OC1. The lowest BCUT2D eigenvalue weighted by molar-refractivity contribution is -0.168. The third kappa shape index (κ3) is 2.19. The van der Waals surface area contributed by atoms with Crippen LogP contribution in [-0.2, 0) is 9.47 Å². The average molecular weight is 171 g/mol. The lowest BCUT2D eigenvalue weighted by Gasteiger charge is -2.30. The molecule has 2 rings (SSSR count). The quantitative estimate of drug-likeness (QED) is 0.684. The maximum absolute atomic E-state index is 5.60. The summed E-state index contributed by atoms with van der Waals surface area (Å²) in [4.78, 5) is 0. The van der Waals surface area contributed by atoms with Crippen molar-refractivity contribution < 1.29 is 9.47 Å². The van der Waals surface area contributed by atoms with Gasteiger partial charge in [-0.3, -0.25) is 0 Å². The Morgan fingerprint density at radius 2 is 2.25 bits per heavy atom. The van der Waals surface area contributed by atoms with E-state index in [1.54, 1.807) is 0 Å². The monoisotopic (exact) mass is 171 g/mol. The van der Waals surface area contributed by atoms with Gasteiger partial charge in [0.05, 0.1) is 6.61 Å². The average Bonchev–Trinajstić information content (AvgIpc) is 2.04. The molecule has 2 aliphatic heterocycles. The molecule has 1 unspecified atom stereocenters. The van der Waals surface area contributed by atoms with Gasteiger partial charge >= 0.3 is 0 Å². The minimum Gasteiger partial charge on any atom is -0.353 e. The minimum atomic E-state index is 0.0844. The molecule has 0 bridgehead atoms. The first-order valence-electron chi connectivity index (χ1n) is 4.92. The molecular weight excluding hydrogens is 154 g/mol. The van der Waals surface area contributed by atoms with E-state index < -0.39 is 0 Å². The van der Waals surface area contributed by atoms with Crippen molar-refractivity contribution in [2.24, 2.45) is 0 Å². The van der Waals surface area contributed by atoms with Crippen LogP contribution in [0.4, 0.5) is 0 Å². The second kappa shape index (κ2) is 4.21. The second-order valence-corrected chi connectivity index (χ2v) is 3.57. The lowest BCUT2D eigenvalue weighted by Crippen LogP contribution is -2.46. The summed E-state index contributed by atoms with van der Waals surface area (Å²) in [5.74, 6) is 0. The van der Waals surface area contributed by atoms with E-state index in [2.05, 4.69) is 5.32 Å². The Bertz CT molecular complexity index is 130. The highest BCUT2D eigenvalue weighted by Gasteiger charge is 2.20. The minimum absolute atomic E-state index is 0.0844. The van der Waals surface area contributed by atoms with E-state index in [-0.39, 0.29) is 6.29 Å². The Morgan fingerprint density at radius 1 is 1.33 bits per heavy atom. The van der Waals surface area contributed by atoms with Crippen molar-refractivity contribution >= 4 is 0 Å². The van der Waals surface area contributed by atoms with Crippen molar-refractivity contribution in [3.8, 4) is 0 Å². The molecule has 2 heterocycles. The number of hydrogen-bond acceptors (Lipinski definition) is 3. The molecule has 12 heavy (non-hydrogen) atoms. The van der Waals surface area contributed by atoms with Crippen molar-refractivity contribution in [2.45, 2.75) is 38.0 Å². The van der Waals surface area contributed by atoms with Crippen molar-refractivity contribution in [1.29, 1.82) is 0 Å². The van der Waals surface area contributed by atoms with E-state index in [0.717, 1.165) is 26.2 Å². The van der Waals surface area contributed by atoms with Crippen LogP contribution in [0.2, 0.25) is 0 Å². The molecule has 0 radical (unpaired) electrons. The summed E-state index contributed by atoms with van der Waals surface area (Å²) < 4.78 is 11.0. The van der Waals surface area contributed by atoms with Crippen LogP contribution in [0.3, 0.4) is 0 Å². The summed E-state index contributed by atoms with van der Waals surface area (Å²) in [6, 6.07) is 0.593. The fourth-order valence-corrected chi connectivity index (χ4v) is 1.56. The third-order valence-corrected chi connectivity index (χ3v) is 2.55. The predicted octanol–water partition coefficient (Wildman–Crippen LogP) is 0.891. The van der Waals surface area contributed by atoms with Gasteiger partial charge in [-0.1, -0.05) is 0 Å². The number of hydrogen-bond donors (Lipinski definition) is 1. The zero-order chi connectivity index (χ0) is 8.23. The van der Waals surface area contributed by atoms with Crippen molar-refractivity contribution in [3.05, 3.63) is 0 Å². The van der Waals surface area contributed by atoms with E-state index in [0.29, 0.717) is 6.04 Å². The van der Waals surface area contributed by atoms with Gasteiger partial charge in [0.2, 0.25) is 0 Å². The largest absolute Gasteiger partial charge is 0.353 e. The highest BCUT2D eigenvalue weighted by molar-refractivity contribution is 4.76. The van der Waals surface area contributed by atoms with Gasteiger partial charge in [-0.15, -0.1) is 0 Å². The normalized spacial score (nSPS) is 36.0. The number of rotatable bonds is 3. The summed E-state index contributed by atoms with van der Waals surface area (Å²) in [5, 5.41) is 3.30. The van der Waals surface area contributed by atoms with E-state index in [4.69, 9.17) is 9.47 Å². The van der Waals surface area contributed by atoms with E-state index in [1.165, 1.54) is 19.3 Å². The lowest BCUT2D eigenvalue weighted by atomic mass is 10.1. The van der Waals surface area contributed by atoms with E-state index in [9.17, 15) is 0 Å². The molecule has 0 aromatic carbocycles. The number of nitrogens with one attached hydrogen (secondary N) is 1. The van der Waals surface area contributed by atoms with E-state index >= 15 is 0 Å². The molecular formula is C9H17NO2. The Morgan fingerprint density at radius 3 is 2.83 bits per heavy atom. The highest BCUT2D eigenvalue weighted by Crippen LogP contribution is 2.14. The van der Waals surface area contributed by atoms with Gasteiger partial charge in [-0.2, -0.15) is 0 Å². The molecule has 2 aliphatic rings. The number of ether oxygens (including phenoxy) is 2. The van der Waals surface area contributed by atoms with Gasteiger partial charge < -0.3 is 14.8 Å². The van der Waals surface area contributed by atoms with Gasteiger partial charge in [-0.05, 0) is 32.2 Å². The van der Waals surface area contributed by atoms with Crippen LogP contribution in [0.5, 0.6) is 0 Å². The van der Waals surface area contributed by atoms with Crippen LogP contribution >= 0.6 is 0 Å². The maximum Gasteiger partial charge on any atom is 0.157 e. The molecule has 0 amide bonds. The van der Waals surface area contributed by atoms with Gasteiger partial charge in [0.1, 0.15) is 0 Å². The van der Waals surface area contributed by atoms with Crippen LogP contribution in [0.15, 0.2) is 0 Å². The van der Waals surface area contributed by atoms with Crippen LogP contribution in [0, 0.1) is 0 Å². The Balaban J connectivity index is 1.58. The van der Waals surface area contributed by atoms with Crippen LogP contribution in [0.25, 0.3) is 0 Å². The van der Waals surface area contributed by atoms with Gasteiger partial charge in [0.25, 0.3) is 0 Å². The fourth-order valence-electron chi connectivity index (χ4n) is 1.56. The topological polar surface area (TPSA) is 30.5 Å². The molecule has 0 aliphatic carbocycles. The zero-order valence-electron chi connectivity index (χ0n) is 7.42. The molecule has 0 aromatic heterocycles.